The van der Waals surface area contributed by atoms with Gasteiger partial charge in [-0.2, -0.15) is 5.10 Å². The number of aryl methyl sites for hydroxylation is 1. The Labute approximate surface area is 120 Å². The van der Waals surface area contributed by atoms with Crippen LogP contribution in [0.4, 0.5) is 0 Å². The predicted octanol–water partition coefficient (Wildman–Crippen LogP) is 0.275. The molecule has 0 bridgehead atoms. The summed E-state index contributed by atoms with van der Waals surface area (Å²) in [5.74, 6) is -0.195. The zero-order valence-corrected chi connectivity index (χ0v) is 13.6. The maximum absolute atomic E-state index is 12.2. The third-order valence-corrected chi connectivity index (χ3v) is 4.86. The highest BCUT2D eigenvalue weighted by Gasteiger charge is 2.27. The molecule has 1 rings (SSSR count). The van der Waals surface area contributed by atoms with Crippen molar-refractivity contribution in [1.82, 2.24) is 19.4 Å². The Morgan fingerprint density at radius 1 is 1.35 bits per heavy atom. The number of nitrogens with one attached hydrogen (secondary N) is 1. The van der Waals surface area contributed by atoms with Crippen molar-refractivity contribution in [2.24, 2.45) is 0 Å². The second-order valence-electron chi connectivity index (χ2n) is 5.17. The van der Waals surface area contributed by atoms with Gasteiger partial charge >= 0.3 is 0 Å². The maximum Gasteiger partial charge on any atom is 0.246 e. The Morgan fingerprint density at radius 2 is 1.90 bits per heavy atom. The molecule has 0 aromatic carbocycles. The van der Waals surface area contributed by atoms with Gasteiger partial charge in [-0.1, -0.05) is 0 Å². The van der Waals surface area contributed by atoms with E-state index in [0.29, 0.717) is 11.4 Å². The molecule has 1 amide bonds. The number of nitrogens with zero attached hydrogens (tertiary/aromatic N) is 3. The first kappa shape index (κ1) is 16.6. The van der Waals surface area contributed by atoms with Crippen LogP contribution in [-0.4, -0.2) is 48.5 Å². The quantitative estimate of drug-likeness (QED) is 0.846. The van der Waals surface area contributed by atoms with Crippen LogP contribution in [0.15, 0.2) is 4.90 Å². The van der Waals surface area contributed by atoms with Gasteiger partial charge in [-0.3, -0.25) is 9.48 Å². The fourth-order valence-electron chi connectivity index (χ4n) is 1.89. The first-order valence-electron chi connectivity index (χ1n) is 6.33. The van der Waals surface area contributed by atoms with E-state index in [1.165, 1.54) is 18.8 Å². The summed E-state index contributed by atoms with van der Waals surface area (Å²) in [4.78, 5) is 11.9. The lowest BCUT2D eigenvalue weighted by molar-refractivity contribution is -0.122. The zero-order chi connectivity index (χ0) is 15.7. The van der Waals surface area contributed by atoms with Gasteiger partial charge in [-0.25, -0.2) is 12.7 Å². The van der Waals surface area contributed by atoms with Crippen molar-refractivity contribution in [2.75, 3.05) is 14.1 Å². The highest BCUT2D eigenvalue weighted by atomic mass is 32.2. The Morgan fingerprint density at radius 3 is 2.35 bits per heavy atom. The molecular formula is C12H22N4O3S. The Bertz CT molecular complexity index is 602. The lowest BCUT2D eigenvalue weighted by Gasteiger charge is -2.12. The van der Waals surface area contributed by atoms with Crippen LogP contribution in [-0.2, 0) is 21.4 Å². The number of sulfonamides is 1. The van der Waals surface area contributed by atoms with Crippen molar-refractivity contribution in [3.05, 3.63) is 11.4 Å². The van der Waals surface area contributed by atoms with Crippen LogP contribution >= 0.6 is 0 Å². The molecule has 1 aromatic heterocycles. The number of carbonyl (C=O) groups is 1. The monoisotopic (exact) mass is 302 g/mol. The van der Waals surface area contributed by atoms with E-state index in [4.69, 9.17) is 0 Å². The fraction of sp³-hybridized carbons (Fsp3) is 0.667. The lowest BCUT2D eigenvalue weighted by atomic mass is 10.4. The van der Waals surface area contributed by atoms with E-state index in [-0.39, 0.29) is 23.4 Å². The van der Waals surface area contributed by atoms with Gasteiger partial charge in [0, 0.05) is 20.1 Å². The van der Waals surface area contributed by atoms with E-state index < -0.39 is 10.0 Å². The minimum atomic E-state index is -3.56. The molecule has 114 valence electrons. The zero-order valence-electron chi connectivity index (χ0n) is 12.8. The van der Waals surface area contributed by atoms with Crippen molar-refractivity contribution in [3.8, 4) is 0 Å². The Balaban J connectivity index is 3.14. The van der Waals surface area contributed by atoms with Crippen molar-refractivity contribution in [1.29, 1.82) is 0 Å². The summed E-state index contributed by atoms with van der Waals surface area (Å²) in [5.41, 5.74) is 0.864. The summed E-state index contributed by atoms with van der Waals surface area (Å²) in [6.45, 7) is 7.01. The third-order valence-electron chi connectivity index (χ3n) is 2.80. The largest absolute Gasteiger partial charge is 0.352 e. The van der Waals surface area contributed by atoms with Crippen molar-refractivity contribution >= 4 is 15.9 Å². The highest BCUT2D eigenvalue weighted by Crippen LogP contribution is 2.21. The first-order chi connectivity index (χ1) is 9.07. The average Bonchev–Trinajstić information content (AvgIpc) is 2.52. The molecule has 0 radical (unpaired) electrons. The van der Waals surface area contributed by atoms with Gasteiger partial charge in [0.05, 0.1) is 11.4 Å². The van der Waals surface area contributed by atoms with Crippen LogP contribution in [0.3, 0.4) is 0 Å². The molecule has 0 saturated carbocycles. The summed E-state index contributed by atoms with van der Waals surface area (Å²) in [6.07, 6.45) is 0. The van der Waals surface area contributed by atoms with Gasteiger partial charge < -0.3 is 5.32 Å². The number of amides is 1. The molecule has 20 heavy (non-hydrogen) atoms. The normalized spacial score (nSPS) is 12.2. The van der Waals surface area contributed by atoms with Gasteiger partial charge in [-0.15, -0.1) is 0 Å². The Hall–Kier alpha value is -1.41. The smallest absolute Gasteiger partial charge is 0.246 e. The summed E-state index contributed by atoms with van der Waals surface area (Å²) in [6, 6.07) is 0.0319. The lowest BCUT2D eigenvalue weighted by Crippen LogP contribution is -2.33. The molecule has 0 aliphatic carbocycles. The minimum absolute atomic E-state index is 0.00774. The van der Waals surface area contributed by atoms with Crippen LogP contribution in [0.1, 0.15) is 25.2 Å². The molecule has 0 aliphatic heterocycles. The number of rotatable bonds is 5. The van der Waals surface area contributed by atoms with Gasteiger partial charge in [0.1, 0.15) is 11.4 Å². The van der Waals surface area contributed by atoms with Crippen LogP contribution in [0.5, 0.6) is 0 Å². The SMILES string of the molecule is Cc1nn(CC(=O)NC(C)C)c(C)c1S(=O)(=O)N(C)C. The standard InChI is InChI=1S/C12H22N4O3S/c1-8(2)13-11(17)7-16-10(4)12(9(3)14-16)20(18,19)15(5)6/h8H,7H2,1-6H3,(H,13,17). The molecular weight excluding hydrogens is 280 g/mol. The number of hydrogen-bond donors (Lipinski definition) is 1. The van der Waals surface area contributed by atoms with Gasteiger partial charge in [-0.05, 0) is 27.7 Å². The van der Waals surface area contributed by atoms with Crippen LogP contribution < -0.4 is 5.32 Å². The summed E-state index contributed by atoms with van der Waals surface area (Å²) < 4.78 is 27.0. The molecule has 1 aromatic rings. The molecule has 0 atom stereocenters. The summed E-state index contributed by atoms with van der Waals surface area (Å²) >= 11 is 0. The molecule has 0 unspecified atom stereocenters. The van der Waals surface area contributed by atoms with Crippen molar-refractivity contribution < 1.29 is 13.2 Å². The Kier molecular flexibility index (Phi) is 4.93. The summed E-state index contributed by atoms with van der Waals surface area (Å²) in [7, 11) is -0.619. The highest BCUT2D eigenvalue weighted by molar-refractivity contribution is 7.89. The second-order valence-corrected chi connectivity index (χ2v) is 7.26. The number of hydrogen-bond acceptors (Lipinski definition) is 4. The minimum Gasteiger partial charge on any atom is -0.352 e. The third kappa shape index (κ3) is 3.37. The van der Waals surface area contributed by atoms with Gasteiger partial charge in [0.15, 0.2) is 0 Å². The molecule has 8 heteroatoms. The first-order valence-corrected chi connectivity index (χ1v) is 7.77. The van der Waals surface area contributed by atoms with Crippen LogP contribution in [0.2, 0.25) is 0 Å². The molecule has 0 saturated heterocycles. The van der Waals surface area contributed by atoms with E-state index in [9.17, 15) is 13.2 Å². The van der Waals surface area contributed by atoms with Crippen molar-refractivity contribution in [2.45, 2.75) is 45.2 Å². The van der Waals surface area contributed by atoms with Crippen LogP contribution in [0, 0.1) is 13.8 Å². The van der Waals surface area contributed by atoms with E-state index in [1.807, 2.05) is 13.8 Å². The predicted molar refractivity (Wildman–Crippen MR) is 75.9 cm³/mol. The van der Waals surface area contributed by atoms with E-state index in [1.54, 1.807) is 13.8 Å². The molecule has 1 N–H and O–H groups in total. The number of carbonyl (C=O) groups excluding carboxylic acids is 1. The molecule has 1 heterocycles. The fourth-order valence-corrected chi connectivity index (χ4v) is 3.15. The van der Waals surface area contributed by atoms with E-state index in [0.717, 1.165) is 4.31 Å². The van der Waals surface area contributed by atoms with Gasteiger partial charge in [0.2, 0.25) is 15.9 Å². The maximum atomic E-state index is 12.2. The average molecular weight is 302 g/mol. The van der Waals surface area contributed by atoms with E-state index >= 15 is 0 Å². The topological polar surface area (TPSA) is 84.3 Å². The van der Waals surface area contributed by atoms with Crippen LogP contribution in [0.25, 0.3) is 0 Å². The molecule has 0 fully saturated rings. The number of aromatic nitrogens is 2. The molecule has 7 nitrogen and oxygen atoms in total. The van der Waals surface area contributed by atoms with Gasteiger partial charge in [0.25, 0.3) is 0 Å². The molecule has 0 aliphatic rings. The van der Waals surface area contributed by atoms with E-state index in [2.05, 4.69) is 10.4 Å². The second kappa shape index (κ2) is 5.92. The molecule has 0 spiro atoms. The van der Waals surface area contributed by atoms with Crippen molar-refractivity contribution in [3.63, 3.8) is 0 Å². The summed E-state index contributed by atoms with van der Waals surface area (Å²) in [5, 5.41) is 6.91.